The fourth-order valence-electron chi connectivity index (χ4n) is 2.68. The summed E-state index contributed by atoms with van der Waals surface area (Å²) >= 11 is 0. The van der Waals surface area contributed by atoms with Crippen molar-refractivity contribution in [2.45, 2.75) is 26.4 Å². The number of Topliss-reactive ketones (excluding diaryl/α,β-unsaturated/α-hetero) is 1. The number of amides is 1. The summed E-state index contributed by atoms with van der Waals surface area (Å²) in [6, 6.07) is 4.93. The van der Waals surface area contributed by atoms with Crippen LogP contribution in [-0.2, 0) is 4.74 Å². The van der Waals surface area contributed by atoms with E-state index in [0.29, 0.717) is 23.7 Å². The van der Waals surface area contributed by atoms with Crippen LogP contribution < -0.4 is 9.47 Å². The van der Waals surface area contributed by atoms with Gasteiger partial charge in [0.15, 0.2) is 5.78 Å². The van der Waals surface area contributed by atoms with Crippen LogP contribution in [0.25, 0.3) is 0 Å². The van der Waals surface area contributed by atoms with Crippen LogP contribution in [0.1, 0.15) is 41.1 Å². The molecule has 1 amide bonds. The zero-order chi connectivity index (χ0) is 20.1. The van der Waals surface area contributed by atoms with Crippen LogP contribution in [0.2, 0.25) is 0 Å². The Bertz CT molecular complexity index is 849. The molecule has 3 rings (SSSR count). The number of hydrogen-bond acceptors (Lipinski definition) is 7. The second-order valence-electron chi connectivity index (χ2n) is 6.62. The van der Waals surface area contributed by atoms with Crippen LogP contribution in [0.4, 0.5) is 0 Å². The van der Waals surface area contributed by atoms with Crippen molar-refractivity contribution in [3.8, 4) is 17.4 Å². The molecule has 0 bridgehead atoms. The first-order valence-electron chi connectivity index (χ1n) is 9.07. The average molecular weight is 385 g/mol. The van der Waals surface area contributed by atoms with Crippen molar-refractivity contribution in [2.24, 2.45) is 0 Å². The first kappa shape index (κ1) is 19.8. The predicted molar refractivity (Wildman–Crippen MR) is 101 cm³/mol. The van der Waals surface area contributed by atoms with Gasteiger partial charge < -0.3 is 19.1 Å². The van der Waals surface area contributed by atoms with Crippen molar-refractivity contribution in [1.29, 1.82) is 0 Å². The molecule has 0 N–H and O–H groups in total. The van der Waals surface area contributed by atoms with Gasteiger partial charge in [-0.05, 0) is 32.4 Å². The molecule has 2 aromatic rings. The molecule has 8 nitrogen and oxygen atoms in total. The van der Waals surface area contributed by atoms with E-state index in [-0.39, 0.29) is 29.4 Å². The van der Waals surface area contributed by atoms with Crippen molar-refractivity contribution in [2.75, 3.05) is 26.8 Å². The van der Waals surface area contributed by atoms with Gasteiger partial charge in [0.25, 0.3) is 5.91 Å². The largest absolute Gasteiger partial charge is 0.488 e. The topological polar surface area (TPSA) is 90.8 Å². The third-order valence-corrected chi connectivity index (χ3v) is 4.24. The number of nitrogens with zero attached hydrogens (tertiary/aromatic N) is 3. The molecule has 1 aromatic carbocycles. The highest BCUT2D eigenvalue weighted by molar-refractivity contribution is 5.95. The maximum absolute atomic E-state index is 12.1. The number of benzene rings is 1. The lowest BCUT2D eigenvalue weighted by Crippen LogP contribution is -2.42. The molecule has 2 heterocycles. The quantitative estimate of drug-likeness (QED) is 0.645. The highest BCUT2D eigenvalue weighted by Crippen LogP contribution is 2.27. The fraction of sp³-hybridized carbons (Fsp3) is 0.400. The highest BCUT2D eigenvalue weighted by atomic mass is 16.5. The molecule has 0 saturated carbocycles. The first-order chi connectivity index (χ1) is 13.5. The van der Waals surface area contributed by atoms with Crippen LogP contribution in [0.3, 0.4) is 0 Å². The van der Waals surface area contributed by atoms with E-state index in [0.717, 1.165) is 19.5 Å². The molecule has 1 aliphatic heterocycles. The number of carbonyl (C=O) groups excluding carboxylic acids is 2. The first-order valence-corrected chi connectivity index (χ1v) is 9.07. The monoisotopic (exact) mass is 385 g/mol. The standard InChI is InChI=1S/C20H23N3O5/c1-13(12-26-3)27-16-7-15(14(2)24)8-17(9-16)28-19-11-21-18(10-22-19)20(25)23-5-4-6-23/h7-11,13H,4-6,12H2,1-3H3/t13-/m0/s1. The van der Waals surface area contributed by atoms with E-state index in [1.165, 1.54) is 19.3 Å². The second kappa shape index (κ2) is 8.79. The molecule has 1 fully saturated rings. The molecule has 28 heavy (non-hydrogen) atoms. The fourth-order valence-corrected chi connectivity index (χ4v) is 2.68. The van der Waals surface area contributed by atoms with E-state index in [9.17, 15) is 9.59 Å². The summed E-state index contributed by atoms with van der Waals surface area (Å²) in [5, 5.41) is 0. The molecule has 0 radical (unpaired) electrons. The lowest BCUT2D eigenvalue weighted by atomic mass is 10.1. The SMILES string of the molecule is COC[C@H](C)Oc1cc(Oc2cnc(C(=O)N3CCC3)cn2)cc(C(C)=O)c1. The summed E-state index contributed by atoms with van der Waals surface area (Å²) in [5.41, 5.74) is 0.733. The lowest BCUT2D eigenvalue weighted by molar-refractivity contribution is 0.0645. The smallest absolute Gasteiger partial charge is 0.274 e. The Morgan fingerprint density at radius 2 is 1.89 bits per heavy atom. The van der Waals surface area contributed by atoms with Gasteiger partial charge in [-0.3, -0.25) is 9.59 Å². The zero-order valence-electron chi connectivity index (χ0n) is 16.2. The molecule has 1 saturated heterocycles. The minimum absolute atomic E-state index is 0.115. The third kappa shape index (κ3) is 4.83. The van der Waals surface area contributed by atoms with Gasteiger partial charge in [-0.1, -0.05) is 0 Å². The van der Waals surface area contributed by atoms with Gasteiger partial charge in [-0.2, -0.15) is 0 Å². The highest BCUT2D eigenvalue weighted by Gasteiger charge is 2.23. The van der Waals surface area contributed by atoms with Crippen molar-refractivity contribution >= 4 is 11.7 Å². The van der Waals surface area contributed by atoms with Crippen molar-refractivity contribution in [1.82, 2.24) is 14.9 Å². The molecular weight excluding hydrogens is 362 g/mol. The lowest BCUT2D eigenvalue weighted by Gasteiger charge is -2.30. The molecule has 8 heteroatoms. The van der Waals surface area contributed by atoms with Crippen LogP contribution in [0.5, 0.6) is 17.4 Å². The summed E-state index contributed by atoms with van der Waals surface area (Å²) in [7, 11) is 1.59. The van der Waals surface area contributed by atoms with Crippen molar-refractivity contribution in [3.63, 3.8) is 0 Å². The molecule has 0 unspecified atom stereocenters. The Labute approximate surface area is 163 Å². The maximum atomic E-state index is 12.1. The minimum Gasteiger partial charge on any atom is -0.488 e. The molecule has 0 aliphatic carbocycles. The summed E-state index contributed by atoms with van der Waals surface area (Å²) in [5.74, 6) is 0.855. The predicted octanol–water partition coefficient (Wildman–Crippen LogP) is 2.73. The minimum atomic E-state index is -0.188. The molecule has 0 spiro atoms. The van der Waals surface area contributed by atoms with Crippen LogP contribution in [0, 0.1) is 0 Å². The Kier molecular flexibility index (Phi) is 6.20. The van der Waals surface area contributed by atoms with Crippen LogP contribution >= 0.6 is 0 Å². The van der Waals surface area contributed by atoms with E-state index in [4.69, 9.17) is 14.2 Å². The van der Waals surface area contributed by atoms with Gasteiger partial charge in [0, 0.05) is 31.8 Å². The number of ketones is 1. The summed E-state index contributed by atoms with van der Waals surface area (Å²) < 4.78 is 16.6. The zero-order valence-corrected chi connectivity index (χ0v) is 16.2. The van der Waals surface area contributed by atoms with Gasteiger partial charge in [0.2, 0.25) is 5.88 Å². The number of likely N-dealkylation sites (tertiary alicyclic amines) is 1. The maximum Gasteiger partial charge on any atom is 0.274 e. The number of ether oxygens (including phenoxy) is 3. The number of hydrogen-bond donors (Lipinski definition) is 0. The van der Waals surface area contributed by atoms with Gasteiger partial charge >= 0.3 is 0 Å². The Morgan fingerprint density at radius 1 is 1.14 bits per heavy atom. The van der Waals surface area contributed by atoms with Crippen molar-refractivity contribution in [3.05, 3.63) is 41.9 Å². The van der Waals surface area contributed by atoms with E-state index >= 15 is 0 Å². The van der Waals surface area contributed by atoms with Gasteiger partial charge in [0.1, 0.15) is 23.3 Å². The van der Waals surface area contributed by atoms with E-state index in [2.05, 4.69) is 9.97 Å². The number of carbonyl (C=O) groups is 2. The van der Waals surface area contributed by atoms with E-state index in [1.807, 2.05) is 6.92 Å². The second-order valence-corrected chi connectivity index (χ2v) is 6.62. The Hall–Kier alpha value is -3.00. The summed E-state index contributed by atoms with van der Waals surface area (Å²) in [4.78, 5) is 34.0. The number of rotatable bonds is 8. The molecule has 1 aliphatic rings. The molecule has 1 aromatic heterocycles. The van der Waals surface area contributed by atoms with Crippen molar-refractivity contribution < 1.29 is 23.8 Å². The van der Waals surface area contributed by atoms with Crippen LogP contribution in [-0.4, -0.2) is 59.5 Å². The summed E-state index contributed by atoms with van der Waals surface area (Å²) in [6.07, 6.45) is 3.61. The Balaban J connectivity index is 1.75. The van der Waals surface area contributed by atoms with Gasteiger partial charge in [-0.15, -0.1) is 0 Å². The number of aromatic nitrogens is 2. The normalized spacial score (nSPS) is 14.2. The molecule has 148 valence electrons. The third-order valence-electron chi connectivity index (χ3n) is 4.24. The molecule has 1 atom stereocenters. The van der Waals surface area contributed by atoms with Gasteiger partial charge in [0.05, 0.1) is 19.0 Å². The van der Waals surface area contributed by atoms with E-state index in [1.54, 1.807) is 30.2 Å². The molecular formula is C20H23N3O5. The van der Waals surface area contributed by atoms with E-state index < -0.39 is 0 Å². The number of methoxy groups -OCH3 is 1. The van der Waals surface area contributed by atoms with Crippen LogP contribution in [0.15, 0.2) is 30.6 Å². The summed E-state index contributed by atoms with van der Waals surface area (Å²) in [6.45, 7) is 5.25. The Morgan fingerprint density at radius 3 is 2.46 bits per heavy atom. The average Bonchev–Trinajstić information content (AvgIpc) is 2.60. The van der Waals surface area contributed by atoms with Gasteiger partial charge in [-0.25, -0.2) is 9.97 Å².